The Morgan fingerprint density at radius 1 is 1.18 bits per heavy atom. The number of hydrogen-bond donors (Lipinski definition) is 1. The van der Waals surface area contributed by atoms with Crippen LogP contribution in [0.3, 0.4) is 0 Å². The Labute approximate surface area is 128 Å². The van der Waals surface area contributed by atoms with Crippen LogP contribution in [0.4, 0.5) is 10.1 Å². The maximum absolute atomic E-state index is 13.2. The van der Waals surface area contributed by atoms with Crippen molar-refractivity contribution in [3.8, 4) is 0 Å². The van der Waals surface area contributed by atoms with Crippen LogP contribution in [0, 0.1) is 5.82 Å². The van der Waals surface area contributed by atoms with Crippen molar-refractivity contribution in [2.45, 2.75) is 19.9 Å². The molecule has 0 unspecified atom stereocenters. The van der Waals surface area contributed by atoms with E-state index in [9.17, 15) is 9.18 Å². The number of aryl methyl sites for hydroxylation is 1. The monoisotopic (exact) mass is 296 g/mol. The van der Waals surface area contributed by atoms with Gasteiger partial charge in [-0.1, -0.05) is 25.1 Å². The fraction of sp³-hybridized carbons (Fsp3) is 0.167. The van der Waals surface area contributed by atoms with Gasteiger partial charge in [-0.05, 0) is 42.3 Å². The van der Waals surface area contributed by atoms with Gasteiger partial charge in [0.05, 0.1) is 0 Å². The second kappa shape index (κ2) is 6.02. The maximum atomic E-state index is 13.2. The molecular formula is C18H17FN2O. The molecule has 0 atom stereocenters. The molecule has 0 fully saturated rings. The number of nitrogens with zero attached hydrogens (tertiary/aromatic N) is 1. The fourth-order valence-electron chi connectivity index (χ4n) is 2.60. The Morgan fingerprint density at radius 2 is 2.00 bits per heavy atom. The third kappa shape index (κ3) is 2.86. The average molecular weight is 296 g/mol. The third-order valence-electron chi connectivity index (χ3n) is 3.72. The zero-order valence-electron chi connectivity index (χ0n) is 12.3. The van der Waals surface area contributed by atoms with E-state index in [-0.39, 0.29) is 18.3 Å². The predicted octanol–water partition coefficient (Wildman–Crippen LogP) is 3.98. The number of para-hydroxylation sites is 1. The van der Waals surface area contributed by atoms with Gasteiger partial charge in [0, 0.05) is 22.8 Å². The van der Waals surface area contributed by atoms with Crippen molar-refractivity contribution in [3.05, 3.63) is 66.1 Å². The molecule has 0 bridgehead atoms. The van der Waals surface area contributed by atoms with Crippen molar-refractivity contribution in [1.29, 1.82) is 0 Å². The Morgan fingerprint density at radius 3 is 2.82 bits per heavy atom. The van der Waals surface area contributed by atoms with Crippen molar-refractivity contribution < 1.29 is 9.18 Å². The molecule has 3 aromatic rings. The van der Waals surface area contributed by atoms with Gasteiger partial charge >= 0.3 is 0 Å². The molecule has 0 aliphatic rings. The molecule has 0 saturated carbocycles. The number of benzene rings is 2. The molecule has 0 aliphatic carbocycles. The normalized spacial score (nSPS) is 10.8. The number of aromatic nitrogens is 1. The number of fused-ring (bicyclic) bond motifs is 1. The highest BCUT2D eigenvalue weighted by atomic mass is 19.1. The molecule has 3 nitrogen and oxygen atoms in total. The van der Waals surface area contributed by atoms with Gasteiger partial charge in [-0.25, -0.2) is 4.39 Å². The van der Waals surface area contributed by atoms with E-state index >= 15 is 0 Å². The highest BCUT2D eigenvalue weighted by Crippen LogP contribution is 2.18. The van der Waals surface area contributed by atoms with Crippen molar-refractivity contribution >= 4 is 22.5 Å². The summed E-state index contributed by atoms with van der Waals surface area (Å²) < 4.78 is 15.0. The Balaban J connectivity index is 1.78. The van der Waals surface area contributed by atoms with Gasteiger partial charge in [-0.2, -0.15) is 0 Å². The zero-order valence-corrected chi connectivity index (χ0v) is 12.3. The van der Waals surface area contributed by atoms with Gasteiger partial charge in [-0.3, -0.25) is 4.79 Å². The van der Waals surface area contributed by atoms with Crippen LogP contribution in [0.2, 0.25) is 0 Å². The topological polar surface area (TPSA) is 34.0 Å². The molecule has 0 saturated heterocycles. The van der Waals surface area contributed by atoms with Gasteiger partial charge in [0.15, 0.2) is 0 Å². The van der Waals surface area contributed by atoms with E-state index in [1.165, 1.54) is 12.1 Å². The van der Waals surface area contributed by atoms with E-state index in [1.54, 1.807) is 12.3 Å². The van der Waals surface area contributed by atoms with Crippen LogP contribution < -0.4 is 5.32 Å². The summed E-state index contributed by atoms with van der Waals surface area (Å²) in [6, 6.07) is 14.2. The van der Waals surface area contributed by atoms with Crippen molar-refractivity contribution in [2.24, 2.45) is 0 Å². The smallest absolute Gasteiger partial charge is 0.244 e. The van der Waals surface area contributed by atoms with Crippen LogP contribution in [-0.4, -0.2) is 10.5 Å². The first kappa shape index (κ1) is 14.3. The molecule has 1 heterocycles. The van der Waals surface area contributed by atoms with E-state index in [4.69, 9.17) is 0 Å². The number of nitrogens with one attached hydrogen (secondary N) is 1. The van der Waals surface area contributed by atoms with Crippen molar-refractivity contribution in [1.82, 2.24) is 4.57 Å². The fourth-order valence-corrected chi connectivity index (χ4v) is 2.60. The number of amides is 1. The molecule has 0 aliphatic heterocycles. The Bertz CT molecular complexity index is 823. The lowest BCUT2D eigenvalue weighted by molar-refractivity contribution is -0.116. The van der Waals surface area contributed by atoms with Crippen molar-refractivity contribution in [3.63, 3.8) is 0 Å². The Hall–Kier alpha value is -2.62. The molecule has 1 N–H and O–H groups in total. The molecule has 3 rings (SSSR count). The number of carbonyl (C=O) groups excluding carboxylic acids is 1. The van der Waals surface area contributed by atoms with Gasteiger partial charge in [0.25, 0.3) is 0 Å². The summed E-state index contributed by atoms with van der Waals surface area (Å²) in [5, 5.41) is 3.74. The lowest BCUT2D eigenvalue weighted by atomic mass is 10.1. The summed E-state index contributed by atoms with van der Waals surface area (Å²) in [5.41, 5.74) is 2.80. The van der Waals surface area contributed by atoms with Gasteiger partial charge in [0.2, 0.25) is 5.91 Å². The molecule has 22 heavy (non-hydrogen) atoms. The molecule has 0 spiro atoms. The summed E-state index contributed by atoms with van der Waals surface area (Å²) in [4.78, 5) is 12.3. The van der Waals surface area contributed by atoms with Crippen LogP contribution in [-0.2, 0) is 17.8 Å². The van der Waals surface area contributed by atoms with E-state index in [0.29, 0.717) is 0 Å². The third-order valence-corrected chi connectivity index (χ3v) is 3.72. The second-order valence-electron chi connectivity index (χ2n) is 5.21. The van der Waals surface area contributed by atoms with E-state index in [2.05, 4.69) is 12.2 Å². The first-order valence-corrected chi connectivity index (χ1v) is 7.29. The summed E-state index contributed by atoms with van der Waals surface area (Å²) in [6.07, 6.45) is 2.66. The number of anilines is 1. The highest BCUT2D eigenvalue weighted by Gasteiger charge is 2.09. The summed E-state index contributed by atoms with van der Waals surface area (Å²) in [6.45, 7) is 2.26. The molecule has 4 heteroatoms. The molecule has 1 aromatic heterocycles. The lowest BCUT2D eigenvalue weighted by Crippen LogP contribution is -2.19. The first-order chi connectivity index (χ1) is 10.7. The number of hydrogen-bond acceptors (Lipinski definition) is 1. The highest BCUT2D eigenvalue weighted by molar-refractivity contribution is 5.92. The van der Waals surface area contributed by atoms with E-state index < -0.39 is 0 Å². The standard InChI is InChI=1S/C18H17FN2O/c1-2-13-5-3-4-6-16(13)20-18(22)12-21-10-9-14-11-15(19)7-8-17(14)21/h3-11H,2,12H2,1H3,(H,20,22). The number of rotatable bonds is 4. The van der Waals surface area contributed by atoms with Crippen LogP contribution in [0.1, 0.15) is 12.5 Å². The summed E-state index contributed by atoms with van der Waals surface area (Å²) in [5.74, 6) is -0.366. The zero-order chi connectivity index (χ0) is 15.5. The van der Waals surface area contributed by atoms with Gasteiger partial charge < -0.3 is 9.88 Å². The molecule has 1 amide bonds. The summed E-state index contributed by atoms with van der Waals surface area (Å²) in [7, 11) is 0. The largest absolute Gasteiger partial charge is 0.338 e. The van der Waals surface area contributed by atoms with Crippen LogP contribution in [0.25, 0.3) is 10.9 Å². The average Bonchev–Trinajstić information content (AvgIpc) is 2.89. The van der Waals surface area contributed by atoms with Crippen LogP contribution >= 0.6 is 0 Å². The lowest BCUT2D eigenvalue weighted by Gasteiger charge is -2.10. The molecule has 0 radical (unpaired) electrons. The SMILES string of the molecule is CCc1ccccc1NC(=O)Cn1ccc2cc(F)ccc21. The minimum absolute atomic E-state index is 0.0947. The predicted molar refractivity (Wildman–Crippen MR) is 86.3 cm³/mol. The minimum Gasteiger partial charge on any atom is -0.338 e. The van der Waals surface area contributed by atoms with E-state index in [0.717, 1.165) is 28.6 Å². The maximum Gasteiger partial charge on any atom is 0.244 e. The Kier molecular flexibility index (Phi) is 3.92. The molecule has 2 aromatic carbocycles. The van der Waals surface area contributed by atoms with Crippen LogP contribution in [0.5, 0.6) is 0 Å². The molecule has 112 valence electrons. The first-order valence-electron chi connectivity index (χ1n) is 7.29. The van der Waals surface area contributed by atoms with Gasteiger partial charge in [-0.15, -0.1) is 0 Å². The van der Waals surface area contributed by atoms with E-state index in [1.807, 2.05) is 34.9 Å². The van der Waals surface area contributed by atoms with Crippen LogP contribution in [0.15, 0.2) is 54.7 Å². The van der Waals surface area contributed by atoms with Crippen molar-refractivity contribution in [2.75, 3.05) is 5.32 Å². The second-order valence-corrected chi connectivity index (χ2v) is 5.21. The summed E-state index contributed by atoms with van der Waals surface area (Å²) >= 11 is 0. The number of halogens is 1. The quantitative estimate of drug-likeness (QED) is 0.776. The number of carbonyl (C=O) groups is 1. The van der Waals surface area contributed by atoms with Gasteiger partial charge in [0.1, 0.15) is 12.4 Å². The minimum atomic E-state index is -0.272. The molecular weight excluding hydrogens is 279 g/mol.